The Morgan fingerprint density at radius 2 is 2.17 bits per heavy atom. The lowest BCUT2D eigenvalue weighted by molar-refractivity contribution is 0.0193. The summed E-state index contributed by atoms with van der Waals surface area (Å²) in [5.74, 6) is 2.29. The fourth-order valence-electron chi connectivity index (χ4n) is 2.97. The molecule has 164 valence electrons. The van der Waals surface area contributed by atoms with Gasteiger partial charge in [-0.15, -0.1) is 0 Å². The number of likely N-dealkylation sites (tertiary alicyclic amines) is 1. The molecule has 1 aromatic heterocycles. The topological polar surface area (TPSA) is 105 Å². The van der Waals surface area contributed by atoms with Gasteiger partial charge in [0.25, 0.3) is 0 Å². The SMILES string of the molecule is CCNC(=NCCc1nc(C(C)C)no1)NC1CCCN(C(=O)OC(C)(C)C)C1. The van der Waals surface area contributed by atoms with E-state index in [1.165, 1.54) is 0 Å². The second kappa shape index (κ2) is 10.5. The Morgan fingerprint density at radius 1 is 1.41 bits per heavy atom. The highest BCUT2D eigenvalue weighted by molar-refractivity contribution is 5.80. The van der Waals surface area contributed by atoms with E-state index in [2.05, 4.69) is 25.8 Å². The summed E-state index contributed by atoms with van der Waals surface area (Å²) in [5.41, 5.74) is -0.488. The van der Waals surface area contributed by atoms with Gasteiger partial charge in [-0.2, -0.15) is 4.98 Å². The zero-order valence-corrected chi connectivity index (χ0v) is 18.6. The molecule has 1 fully saturated rings. The molecule has 0 saturated carbocycles. The molecule has 1 aromatic rings. The summed E-state index contributed by atoms with van der Waals surface area (Å²) in [7, 11) is 0. The van der Waals surface area contributed by atoms with Crippen molar-refractivity contribution in [3.63, 3.8) is 0 Å². The average Bonchev–Trinajstić information content (AvgIpc) is 3.10. The molecule has 0 aromatic carbocycles. The van der Waals surface area contributed by atoms with Crippen LogP contribution in [-0.4, -0.2) is 64.9 Å². The average molecular weight is 409 g/mol. The maximum atomic E-state index is 12.4. The minimum Gasteiger partial charge on any atom is -0.444 e. The number of piperidine rings is 1. The van der Waals surface area contributed by atoms with Crippen LogP contribution in [0.1, 0.15) is 72.0 Å². The molecule has 1 saturated heterocycles. The van der Waals surface area contributed by atoms with Gasteiger partial charge < -0.3 is 24.8 Å². The number of hydrogen-bond acceptors (Lipinski definition) is 6. The van der Waals surface area contributed by atoms with E-state index < -0.39 is 5.60 Å². The lowest BCUT2D eigenvalue weighted by Gasteiger charge is -2.35. The summed E-state index contributed by atoms with van der Waals surface area (Å²) in [4.78, 5) is 23.1. The predicted octanol–water partition coefficient (Wildman–Crippen LogP) is 2.69. The molecule has 1 aliphatic rings. The number of nitrogens with zero attached hydrogens (tertiary/aromatic N) is 4. The van der Waals surface area contributed by atoms with Gasteiger partial charge in [-0.25, -0.2) is 4.79 Å². The Kier molecular flexibility index (Phi) is 8.28. The number of aliphatic imine (C=N–C) groups is 1. The van der Waals surface area contributed by atoms with Crippen molar-refractivity contribution < 1.29 is 14.1 Å². The number of aromatic nitrogens is 2. The van der Waals surface area contributed by atoms with E-state index >= 15 is 0 Å². The Bertz CT molecular complexity index is 680. The zero-order valence-electron chi connectivity index (χ0n) is 18.6. The Morgan fingerprint density at radius 3 is 2.79 bits per heavy atom. The van der Waals surface area contributed by atoms with E-state index in [1.54, 1.807) is 4.90 Å². The Labute approximate surface area is 173 Å². The Balaban J connectivity index is 1.89. The monoisotopic (exact) mass is 408 g/mol. The summed E-state index contributed by atoms with van der Waals surface area (Å²) < 4.78 is 10.8. The Hall–Kier alpha value is -2.32. The van der Waals surface area contributed by atoms with Crippen LogP contribution in [0, 0.1) is 0 Å². The van der Waals surface area contributed by atoms with Crippen LogP contribution in [0.4, 0.5) is 4.79 Å². The van der Waals surface area contributed by atoms with Crippen LogP contribution >= 0.6 is 0 Å². The maximum Gasteiger partial charge on any atom is 0.410 e. The van der Waals surface area contributed by atoms with Crippen LogP contribution in [0.2, 0.25) is 0 Å². The van der Waals surface area contributed by atoms with Crippen LogP contribution in [0.15, 0.2) is 9.52 Å². The molecule has 1 unspecified atom stereocenters. The van der Waals surface area contributed by atoms with Crippen LogP contribution in [0.3, 0.4) is 0 Å². The highest BCUT2D eigenvalue weighted by Gasteiger charge is 2.28. The van der Waals surface area contributed by atoms with Gasteiger partial charge in [-0.3, -0.25) is 4.99 Å². The molecular weight excluding hydrogens is 372 g/mol. The van der Waals surface area contributed by atoms with Gasteiger partial charge in [0.15, 0.2) is 11.8 Å². The van der Waals surface area contributed by atoms with Crippen LogP contribution < -0.4 is 10.6 Å². The molecule has 0 spiro atoms. The van der Waals surface area contributed by atoms with Crippen molar-refractivity contribution in [3.8, 4) is 0 Å². The van der Waals surface area contributed by atoms with Crippen molar-refractivity contribution >= 4 is 12.1 Å². The second-order valence-corrected chi connectivity index (χ2v) is 8.62. The van der Waals surface area contributed by atoms with Gasteiger partial charge in [0.05, 0.1) is 6.54 Å². The normalized spacial score (nSPS) is 18.1. The number of ether oxygens (including phenoxy) is 1. The molecule has 1 atom stereocenters. The first-order valence-electron chi connectivity index (χ1n) is 10.5. The van der Waals surface area contributed by atoms with Gasteiger partial charge in [-0.05, 0) is 40.5 Å². The summed E-state index contributed by atoms with van der Waals surface area (Å²) in [6, 6.07) is 0.130. The minimum atomic E-state index is -0.488. The molecule has 1 amide bonds. The van der Waals surface area contributed by atoms with Crippen molar-refractivity contribution in [1.82, 2.24) is 25.7 Å². The molecule has 0 radical (unpaired) electrons. The third kappa shape index (κ3) is 7.91. The second-order valence-electron chi connectivity index (χ2n) is 8.62. The standard InChI is InChI=1S/C20H36N6O3/c1-7-21-18(22-11-10-16-24-17(14(2)3)25-29-16)23-15-9-8-12-26(13-15)19(27)28-20(4,5)6/h14-15H,7-13H2,1-6H3,(H2,21,22,23). The molecule has 9 heteroatoms. The van der Waals surface area contributed by atoms with E-state index in [1.807, 2.05) is 41.5 Å². The van der Waals surface area contributed by atoms with Gasteiger partial charge in [-0.1, -0.05) is 19.0 Å². The van der Waals surface area contributed by atoms with Crippen LogP contribution in [0.25, 0.3) is 0 Å². The van der Waals surface area contributed by atoms with E-state index in [9.17, 15) is 4.79 Å². The van der Waals surface area contributed by atoms with Gasteiger partial charge >= 0.3 is 6.09 Å². The van der Waals surface area contributed by atoms with Crippen LogP contribution in [0.5, 0.6) is 0 Å². The quantitative estimate of drug-likeness (QED) is 0.551. The number of amides is 1. The predicted molar refractivity (Wildman–Crippen MR) is 112 cm³/mol. The maximum absolute atomic E-state index is 12.4. The first-order valence-corrected chi connectivity index (χ1v) is 10.5. The molecule has 0 aliphatic carbocycles. The van der Waals surface area contributed by atoms with Crippen molar-refractivity contribution in [3.05, 3.63) is 11.7 Å². The summed E-state index contributed by atoms with van der Waals surface area (Å²) in [6.07, 6.45) is 2.23. The molecule has 1 aliphatic heterocycles. The fraction of sp³-hybridized carbons (Fsp3) is 0.800. The molecule has 9 nitrogen and oxygen atoms in total. The van der Waals surface area contributed by atoms with Gasteiger partial charge in [0.2, 0.25) is 5.89 Å². The lowest BCUT2D eigenvalue weighted by atomic mass is 10.1. The number of guanidine groups is 1. The van der Waals surface area contributed by atoms with E-state index in [0.29, 0.717) is 25.4 Å². The third-order valence-corrected chi connectivity index (χ3v) is 4.35. The van der Waals surface area contributed by atoms with E-state index in [0.717, 1.165) is 37.7 Å². The highest BCUT2D eigenvalue weighted by Crippen LogP contribution is 2.15. The smallest absolute Gasteiger partial charge is 0.410 e. The zero-order chi connectivity index (χ0) is 21.4. The van der Waals surface area contributed by atoms with Crippen molar-refractivity contribution in [2.75, 3.05) is 26.2 Å². The number of carbonyl (C=O) groups excluding carboxylic acids is 1. The van der Waals surface area contributed by atoms with Crippen molar-refractivity contribution in [1.29, 1.82) is 0 Å². The summed E-state index contributed by atoms with van der Waals surface area (Å²) in [5, 5.41) is 10.7. The summed E-state index contributed by atoms with van der Waals surface area (Å²) in [6.45, 7) is 14.4. The molecule has 2 heterocycles. The summed E-state index contributed by atoms with van der Waals surface area (Å²) >= 11 is 0. The number of nitrogens with one attached hydrogen (secondary N) is 2. The van der Waals surface area contributed by atoms with Gasteiger partial charge in [0, 0.05) is 38.0 Å². The highest BCUT2D eigenvalue weighted by atomic mass is 16.6. The number of hydrogen-bond donors (Lipinski definition) is 2. The minimum absolute atomic E-state index is 0.130. The number of carbonyl (C=O) groups is 1. The molecule has 29 heavy (non-hydrogen) atoms. The number of rotatable bonds is 6. The first-order chi connectivity index (χ1) is 13.7. The molecular formula is C20H36N6O3. The third-order valence-electron chi connectivity index (χ3n) is 4.35. The molecule has 2 rings (SSSR count). The van der Waals surface area contributed by atoms with Crippen molar-refractivity contribution in [2.24, 2.45) is 4.99 Å². The van der Waals surface area contributed by atoms with E-state index in [4.69, 9.17) is 9.26 Å². The lowest BCUT2D eigenvalue weighted by Crippen LogP contribution is -2.53. The van der Waals surface area contributed by atoms with Crippen LogP contribution in [-0.2, 0) is 11.2 Å². The van der Waals surface area contributed by atoms with Gasteiger partial charge in [0.1, 0.15) is 5.60 Å². The first kappa shape index (κ1) is 23.0. The largest absolute Gasteiger partial charge is 0.444 e. The van der Waals surface area contributed by atoms with Crippen molar-refractivity contribution in [2.45, 2.75) is 78.4 Å². The molecule has 2 N–H and O–H groups in total. The van der Waals surface area contributed by atoms with E-state index in [-0.39, 0.29) is 18.1 Å². The molecule has 0 bridgehead atoms. The fourth-order valence-corrected chi connectivity index (χ4v) is 2.97.